The molecule has 6 nitrogen and oxygen atoms in total. The molecule has 2 aromatic rings. The third-order valence-electron chi connectivity index (χ3n) is 3.43. The van der Waals surface area contributed by atoms with Gasteiger partial charge in [0.1, 0.15) is 18.1 Å². The lowest BCUT2D eigenvalue weighted by atomic mass is 10.1. The Morgan fingerprint density at radius 1 is 1.30 bits per heavy atom. The highest BCUT2D eigenvalue weighted by atomic mass is 127. The number of halogens is 2. The number of hydrogen-bond donors (Lipinski definition) is 2. The highest BCUT2D eigenvalue weighted by molar-refractivity contribution is 14.1. The van der Waals surface area contributed by atoms with Gasteiger partial charge in [-0.3, -0.25) is 4.79 Å². The van der Waals surface area contributed by atoms with Gasteiger partial charge in [0.05, 0.1) is 10.7 Å². The third kappa shape index (κ3) is 5.68. The smallest absolute Gasteiger partial charge is 0.352 e. The van der Waals surface area contributed by atoms with Gasteiger partial charge in [-0.1, -0.05) is 18.2 Å². The van der Waals surface area contributed by atoms with Gasteiger partial charge in [-0.2, -0.15) is 0 Å². The van der Waals surface area contributed by atoms with Crippen molar-refractivity contribution >= 4 is 40.5 Å². The molecule has 142 valence electrons. The molecular weight excluding hydrogens is 468 g/mol. The predicted molar refractivity (Wildman–Crippen MR) is 106 cm³/mol. The predicted octanol–water partition coefficient (Wildman–Crippen LogP) is 3.58. The Bertz CT molecular complexity index is 898. The van der Waals surface area contributed by atoms with E-state index in [2.05, 4.69) is 5.32 Å². The van der Waals surface area contributed by atoms with Crippen LogP contribution in [0.5, 0.6) is 11.5 Å². The SMILES string of the molecule is COc1cc(/C=C(/NC(C)=O)C(=O)O)cc(I)c1OCc1ccccc1F. The lowest BCUT2D eigenvalue weighted by Gasteiger charge is -2.14. The minimum atomic E-state index is -1.26. The monoisotopic (exact) mass is 485 g/mol. The fourth-order valence-electron chi connectivity index (χ4n) is 2.24. The third-order valence-corrected chi connectivity index (χ3v) is 4.24. The van der Waals surface area contributed by atoms with E-state index in [9.17, 15) is 19.1 Å². The highest BCUT2D eigenvalue weighted by Crippen LogP contribution is 2.35. The summed E-state index contributed by atoms with van der Waals surface area (Å²) in [5, 5.41) is 11.5. The normalized spacial score (nSPS) is 11.0. The summed E-state index contributed by atoms with van der Waals surface area (Å²) in [6.45, 7) is 1.24. The molecule has 0 spiro atoms. The van der Waals surface area contributed by atoms with Gasteiger partial charge >= 0.3 is 5.97 Å². The van der Waals surface area contributed by atoms with Crippen LogP contribution in [-0.4, -0.2) is 24.1 Å². The summed E-state index contributed by atoms with van der Waals surface area (Å²) in [6, 6.07) is 9.53. The van der Waals surface area contributed by atoms with Gasteiger partial charge in [-0.15, -0.1) is 0 Å². The van der Waals surface area contributed by atoms with E-state index in [0.717, 1.165) is 0 Å². The summed E-state index contributed by atoms with van der Waals surface area (Å²) in [5.74, 6) is -1.35. The molecule has 0 unspecified atom stereocenters. The molecule has 2 rings (SSSR count). The number of carboxylic acid groups (broad SMARTS) is 1. The molecule has 0 saturated carbocycles. The molecule has 27 heavy (non-hydrogen) atoms. The van der Waals surface area contributed by atoms with Crippen LogP contribution in [0.25, 0.3) is 6.08 Å². The van der Waals surface area contributed by atoms with E-state index in [1.807, 2.05) is 22.6 Å². The van der Waals surface area contributed by atoms with Crippen molar-refractivity contribution in [3.8, 4) is 11.5 Å². The van der Waals surface area contributed by atoms with Gasteiger partial charge in [0.15, 0.2) is 11.5 Å². The van der Waals surface area contributed by atoms with E-state index in [4.69, 9.17) is 9.47 Å². The molecule has 2 N–H and O–H groups in total. The van der Waals surface area contributed by atoms with E-state index in [0.29, 0.717) is 26.2 Å². The molecule has 0 heterocycles. The summed E-state index contributed by atoms with van der Waals surface area (Å²) in [5.41, 5.74) is 0.638. The first kappa shape index (κ1) is 20.7. The molecule has 0 bridgehead atoms. The van der Waals surface area contributed by atoms with Crippen LogP contribution in [0.15, 0.2) is 42.1 Å². The Morgan fingerprint density at radius 2 is 2.00 bits per heavy atom. The molecular formula is C19H17FINO5. The van der Waals surface area contributed by atoms with E-state index in [-0.39, 0.29) is 18.1 Å². The van der Waals surface area contributed by atoms with Crippen LogP contribution in [0.3, 0.4) is 0 Å². The van der Waals surface area contributed by atoms with Crippen LogP contribution in [-0.2, 0) is 16.2 Å². The standard InChI is InChI=1S/C19H17FINO5/c1-11(23)22-16(19(24)25)8-12-7-15(21)18(17(9-12)26-2)27-10-13-5-3-4-6-14(13)20/h3-9H,10H2,1-2H3,(H,22,23)(H,24,25)/b16-8+. The molecule has 0 aliphatic rings. The lowest BCUT2D eigenvalue weighted by Crippen LogP contribution is -2.24. The Hall–Kier alpha value is -2.62. The summed E-state index contributed by atoms with van der Waals surface area (Å²) in [7, 11) is 1.45. The summed E-state index contributed by atoms with van der Waals surface area (Å²) in [4.78, 5) is 22.4. The molecule has 0 fully saturated rings. The van der Waals surface area contributed by atoms with Crippen LogP contribution < -0.4 is 14.8 Å². The van der Waals surface area contributed by atoms with Gasteiger partial charge in [-0.05, 0) is 52.4 Å². The number of ether oxygens (including phenoxy) is 2. The Kier molecular flexibility index (Phi) is 7.17. The van der Waals surface area contributed by atoms with Crippen LogP contribution in [0.2, 0.25) is 0 Å². The van der Waals surface area contributed by atoms with Crippen molar-refractivity contribution in [3.05, 3.63) is 62.6 Å². The number of rotatable bonds is 7. The fourth-order valence-corrected chi connectivity index (χ4v) is 3.02. The second-order valence-electron chi connectivity index (χ2n) is 5.46. The van der Waals surface area contributed by atoms with Crippen molar-refractivity contribution in [2.24, 2.45) is 0 Å². The van der Waals surface area contributed by atoms with E-state index in [1.54, 1.807) is 30.3 Å². The number of carbonyl (C=O) groups is 2. The van der Waals surface area contributed by atoms with Crippen LogP contribution >= 0.6 is 22.6 Å². The molecule has 0 radical (unpaired) electrons. The van der Waals surface area contributed by atoms with Crippen LogP contribution in [0, 0.1) is 9.39 Å². The molecule has 2 aromatic carbocycles. The van der Waals surface area contributed by atoms with Gasteiger partial charge < -0.3 is 19.9 Å². The number of nitrogens with one attached hydrogen (secondary N) is 1. The van der Waals surface area contributed by atoms with Gasteiger partial charge in [0.25, 0.3) is 0 Å². The van der Waals surface area contributed by atoms with Crippen molar-refractivity contribution in [1.82, 2.24) is 5.32 Å². The molecule has 0 atom stereocenters. The second kappa shape index (κ2) is 9.36. The molecule has 0 aliphatic heterocycles. The molecule has 0 aliphatic carbocycles. The van der Waals surface area contributed by atoms with Crippen molar-refractivity contribution in [2.45, 2.75) is 13.5 Å². The average Bonchev–Trinajstić information content (AvgIpc) is 2.60. The zero-order valence-electron chi connectivity index (χ0n) is 14.6. The zero-order chi connectivity index (χ0) is 20.0. The molecule has 0 aromatic heterocycles. The van der Waals surface area contributed by atoms with Crippen molar-refractivity contribution in [2.75, 3.05) is 7.11 Å². The first-order valence-corrected chi connectivity index (χ1v) is 8.86. The first-order valence-electron chi connectivity index (χ1n) is 7.78. The number of amides is 1. The zero-order valence-corrected chi connectivity index (χ0v) is 16.7. The van der Waals surface area contributed by atoms with E-state index >= 15 is 0 Å². The number of carboxylic acids is 1. The van der Waals surface area contributed by atoms with E-state index < -0.39 is 11.9 Å². The van der Waals surface area contributed by atoms with Crippen molar-refractivity contribution in [3.63, 3.8) is 0 Å². The Morgan fingerprint density at radius 3 is 2.59 bits per heavy atom. The Balaban J connectivity index is 2.32. The number of methoxy groups -OCH3 is 1. The lowest BCUT2D eigenvalue weighted by molar-refractivity contribution is -0.134. The number of carbonyl (C=O) groups excluding carboxylic acids is 1. The minimum Gasteiger partial charge on any atom is -0.493 e. The molecule has 8 heteroatoms. The first-order chi connectivity index (χ1) is 12.8. The molecule has 0 saturated heterocycles. The second-order valence-corrected chi connectivity index (χ2v) is 6.62. The highest BCUT2D eigenvalue weighted by Gasteiger charge is 2.14. The fraction of sp³-hybridized carbons (Fsp3) is 0.158. The van der Waals surface area contributed by atoms with Crippen LogP contribution in [0.4, 0.5) is 4.39 Å². The van der Waals surface area contributed by atoms with Gasteiger partial charge in [0.2, 0.25) is 5.91 Å². The summed E-state index contributed by atoms with van der Waals surface area (Å²) < 4.78 is 25.4. The largest absolute Gasteiger partial charge is 0.493 e. The van der Waals surface area contributed by atoms with E-state index in [1.165, 1.54) is 26.2 Å². The number of hydrogen-bond acceptors (Lipinski definition) is 4. The topological polar surface area (TPSA) is 84.9 Å². The number of benzene rings is 2. The van der Waals surface area contributed by atoms with Crippen molar-refractivity contribution in [1.29, 1.82) is 0 Å². The van der Waals surface area contributed by atoms with Crippen LogP contribution in [0.1, 0.15) is 18.1 Å². The maximum atomic E-state index is 13.8. The van der Waals surface area contributed by atoms with Crippen molar-refractivity contribution < 1.29 is 28.6 Å². The van der Waals surface area contributed by atoms with Gasteiger partial charge in [0, 0.05) is 12.5 Å². The average molecular weight is 485 g/mol. The maximum absolute atomic E-state index is 13.8. The Labute approximate surface area is 169 Å². The number of aliphatic carboxylic acids is 1. The summed E-state index contributed by atoms with van der Waals surface area (Å²) in [6.07, 6.45) is 1.31. The van der Waals surface area contributed by atoms with Gasteiger partial charge in [-0.25, -0.2) is 9.18 Å². The minimum absolute atomic E-state index is 0.0144. The molecule has 1 amide bonds. The maximum Gasteiger partial charge on any atom is 0.352 e. The quantitative estimate of drug-likeness (QED) is 0.463. The summed E-state index contributed by atoms with van der Waals surface area (Å²) >= 11 is 2.01.